The fourth-order valence-corrected chi connectivity index (χ4v) is 3.19. The fourth-order valence-electron chi connectivity index (χ4n) is 3.19. The number of carbonyl (C=O) groups excluding carboxylic acids is 1. The number of nitrogens with one attached hydrogen (secondary N) is 1. The van der Waals surface area contributed by atoms with Gasteiger partial charge in [-0.3, -0.25) is 9.69 Å². The van der Waals surface area contributed by atoms with Crippen molar-refractivity contribution < 1.29 is 14.1 Å². The Labute approximate surface area is 140 Å². The molecule has 2 aliphatic heterocycles. The fraction of sp³-hybridized carbons (Fsp3) is 0.444. The van der Waals surface area contributed by atoms with Crippen molar-refractivity contribution in [2.45, 2.75) is 19.3 Å². The largest absolute Gasteiger partial charge is 0.483 e. The molecule has 2 aromatic rings. The molecule has 124 valence electrons. The van der Waals surface area contributed by atoms with Crippen molar-refractivity contribution in [2.24, 2.45) is 5.92 Å². The average Bonchev–Trinajstić information content (AvgIpc) is 2.99. The summed E-state index contributed by atoms with van der Waals surface area (Å²) in [5.74, 6) is 7.97. The van der Waals surface area contributed by atoms with Gasteiger partial charge in [-0.15, -0.1) is 5.92 Å². The Bertz CT molecular complexity index is 812. The van der Waals surface area contributed by atoms with E-state index in [4.69, 9.17) is 9.26 Å². The Morgan fingerprint density at radius 3 is 3.04 bits per heavy atom. The molecule has 2 aliphatic rings. The van der Waals surface area contributed by atoms with Crippen molar-refractivity contribution in [3.63, 3.8) is 0 Å². The topological polar surface area (TPSA) is 67.6 Å². The average molecular weight is 325 g/mol. The van der Waals surface area contributed by atoms with E-state index in [0.717, 1.165) is 24.9 Å². The van der Waals surface area contributed by atoms with Gasteiger partial charge in [0.1, 0.15) is 11.1 Å². The monoisotopic (exact) mass is 325 g/mol. The quantitative estimate of drug-likeness (QED) is 0.855. The third-order valence-electron chi connectivity index (χ3n) is 4.56. The molecular formula is C18H19N3O3. The van der Waals surface area contributed by atoms with Crippen LogP contribution in [0.3, 0.4) is 0 Å². The second-order valence-electron chi connectivity index (χ2n) is 6.16. The van der Waals surface area contributed by atoms with Crippen LogP contribution in [0.15, 0.2) is 22.7 Å². The van der Waals surface area contributed by atoms with Crippen molar-refractivity contribution in [2.75, 3.05) is 31.1 Å². The number of carbonyl (C=O) groups is 1. The normalized spacial score (nSPS) is 18.0. The lowest BCUT2D eigenvalue weighted by molar-refractivity contribution is -0.120. The first-order valence-corrected chi connectivity index (χ1v) is 8.31. The molecular weight excluding hydrogens is 306 g/mol. The van der Waals surface area contributed by atoms with Crippen LogP contribution in [0.5, 0.6) is 5.75 Å². The van der Waals surface area contributed by atoms with Crippen molar-refractivity contribution in [1.82, 2.24) is 10.5 Å². The molecule has 0 saturated carbocycles. The Morgan fingerprint density at radius 1 is 1.29 bits per heavy atom. The molecule has 0 radical (unpaired) electrons. The van der Waals surface area contributed by atoms with Crippen LogP contribution in [-0.4, -0.2) is 37.3 Å². The van der Waals surface area contributed by atoms with Crippen molar-refractivity contribution in [3.8, 4) is 17.6 Å². The van der Waals surface area contributed by atoms with Gasteiger partial charge < -0.3 is 14.6 Å². The van der Waals surface area contributed by atoms with Crippen LogP contribution in [0.1, 0.15) is 19.3 Å². The summed E-state index contributed by atoms with van der Waals surface area (Å²) in [5.41, 5.74) is 0.616. The minimum absolute atomic E-state index is 0.00848. The van der Waals surface area contributed by atoms with E-state index in [0.29, 0.717) is 29.6 Å². The van der Waals surface area contributed by atoms with Gasteiger partial charge in [0.05, 0.1) is 6.54 Å². The lowest BCUT2D eigenvalue weighted by atomic mass is 9.95. The van der Waals surface area contributed by atoms with Gasteiger partial charge in [-0.25, -0.2) is 0 Å². The van der Waals surface area contributed by atoms with Crippen LogP contribution in [0.4, 0.5) is 5.82 Å². The van der Waals surface area contributed by atoms with E-state index in [1.165, 1.54) is 12.8 Å². The molecule has 3 heterocycles. The van der Waals surface area contributed by atoms with Crippen molar-refractivity contribution in [3.05, 3.63) is 18.2 Å². The number of piperidine rings is 1. The molecule has 0 unspecified atom stereocenters. The Morgan fingerprint density at radius 2 is 2.17 bits per heavy atom. The first-order chi connectivity index (χ1) is 11.8. The van der Waals surface area contributed by atoms with Gasteiger partial charge in [0.2, 0.25) is 0 Å². The summed E-state index contributed by atoms with van der Waals surface area (Å²) >= 11 is 0. The lowest BCUT2D eigenvalue weighted by Gasteiger charge is -2.20. The number of hydrogen-bond donors (Lipinski definition) is 1. The second kappa shape index (κ2) is 6.54. The van der Waals surface area contributed by atoms with Gasteiger partial charge >= 0.3 is 0 Å². The van der Waals surface area contributed by atoms with Gasteiger partial charge in [0, 0.05) is 6.42 Å². The third kappa shape index (κ3) is 2.83. The van der Waals surface area contributed by atoms with Gasteiger partial charge in [-0.2, -0.15) is 0 Å². The van der Waals surface area contributed by atoms with Crippen LogP contribution in [0.2, 0.25) is 0 Å². The third-order valence-corrected chi connectivity index (χ3v) is 4.56. The number of nitrogens with zero attached hydrogens (tertiary/aromatic N) is 2. The van der Waals surface area contributed by atoms with Crippen molar-refractivity contribution in [1.29, 1.82) is 0 Å². The van der Waals surface area contributed by atoms with Crippen LogP contribution in [0, 0.1) is 17.8 Å². The number of aromatic nitrogens is 1. The summed E-state index contributed by atoms with van der Waals surface area (Å²) in [5, 5.41) is 8.15. The molecule has 0 bridgehead atoms. The highest BCUT2D eigenvalue weighted by Gasteiger charge is 2.27. The molecule has 1 saturated heterocycles. The summed E-state index contributed by atoms with van der Waals surface area (Å²) in [7, 11) is 0. The van der Waals surface area contributed by atoms with Crippen LogP contribution < -0.4 is 15.0 Å². The van der Waals surface area contributed by atoms with Crippen molar-refractivity contribution >= 4 is 22.7 Å². The summed E-state index contributed by atoms with van der Waals surface area (Å²) in [4.78, 5) is 13.9. The van der Waals surface area contributed by atoms with E-state index in [2.05, 4.69) is 22.3 Å². The molecule has 0 spiro atoms. The lowest BCUT2D eigenvalue weighted by Crippen LogP contribution is -2.34. The molecule has 1 N–H and O–H groups in total. The van der Waals surface area contributed by atoms with E-state index in [9.17, 15) is 4.79 Å². The van der Waals surface area contributed by atoms with Gasteiger partial charge in [0.15, 0.2) is 18.0 Å². The highest BCUT2D eigenvalue weighted by Crippen LogP contribution is 2.36. The first kappa shape index (κ1) is 15.0. The van der Waals surface area contributed by atoms with Crippen LogP contribution in [-0.2, 0) is 4.79 Å². The van der Waals surface area contributed by atoms with Crippen LogP contribution in [0.25, 0.3) is 11.0 Å². The molecule has 1 amide bonds. The molecule has 1 fully saturated rings. The maximum atomic E-state index is 12.4. The number of hydrogen-bond acceptors (Lipinski definition) is 5. The van der Waals surface area contributed by atoms with Gasteiger partial charge in [-0.05, 0) is 44.0 Å². The standard InChI is InChI=1S/C18H19N3O3/c22-16-12-23-14-5-3-6-15-17(14)18(20-24-15)21(16)11-2-1-4-13-7-9-19-10-8-13/h3,5-6,13,19H,4,7-12H2. The summed E-state index contributed by atoms with van der Waals surface area (Å²) in [6.07, 6.45) is 3.22. The number of benzene rings is 1. The Kier molecular flexibility index (Phi) is 4.09. The van der Waals surface area contributed by atoms with E-state index in [1.807, 2.05) is 18.2 Å². The minimum atomic E-state index is -0.155. The minimum Gasteiger partial charge on any atom is -0.483 e. The summed E-state index contributed by atoms with van der Waals surface area (Å²) < 4.78 is 10.9. The number of rotatable bonds is 2. The maximum Gasteiger partial charge on any atom is 0.267 e. The number of anilines is 1. The van der Waals surface area contributed by atoms with Crippen LogP contribution >= 0.6 is 0 Å². The molecule has 0 aliphatic carbocycles. The first-order valence-electron chi connectivity index (χ1n) is 8.31. The molecule has 6 nitrogen and oxygen atoms in total. The van der Waals surface area contributed by atoms with E-state index >= 15 is 0 Å². The van der Waals surface area contributed by atoms with E-state index < -0.39 is 0 Å². The van der Waals surface area contributed by atoms with E-state index in [-0.39, 0.29) is 12.5 Å². The maximum absolute atomic E-state index is 12.4. The molecule has 24 heavy (non-hydrogen) atoms. The zero-order chi connectivity index (χ0) is 16.4. The predicted molar refractivity (Wildman–Crippen MR) is 89.8 cm³/mol. The zero-order valence-electron chi connectivity index (χ0n) is 13.4. The zero-order valence-corrected chi connectivity index (χ0v) is 13.4. The molecule has 4 rings (SSSR count). The SMILES string of the molecule is O=C1COc2cccc3onc(c23)N1CC#CCC1CCNCC1. The molecule has 1 aromatic carbocycles. The summed E-state index contributed by atoms with van der Waals surface area (Å²) in [6.45, 7) is 2.44. The highest BCUT2D eigenvalue weighted by molar-refractivity contribution is 6.05. The number of amides is 1. The summed E-state index contributed by atoms with van der Waals surface area (Å²) in [6, 6.07) is 5.46. The highest BCUT2D eigenvalue weighted by atomic mass is 16.5. The molecule has 0 atom stereocenters. The van der Waals surface area contributed by atoms with Gasteiger partial charge in [0.25, 0.3) is 5.91 Å². The Balaban J connectivity index is 1.52. The smallest absolute Gasteiger partial charge is 0.267 e. The predicted octanol–water partition coefficient (Wildman–Crippen LogP) is 1.95. The number of ether oxygens (including phenoxy) is 1. The van der Waals surface area contributed by atoms with Gasteiger partial charge in [-0.1, -0.05) is 17.1 Å². The molecule has 1 aromatic heterocycles. The Hall–Kier alpha value is -2.52. The second-order valence-corrected chi connectivity index (χ2v) is 6.16. The van der Waals surface area contributed by atoms with E-state index in [1.54, 1.807) is 4.90 Å². The molecule has 6 heteroatoms.